The minimum absolute atomic E-state index is 0.505. The highest BCUT2D eigenvalue weighted by molar-refractivity contribution is 6.15. The molecule has 0 fully saturated rings. The van der Waals surface area contributed by atoms with Crippen molar-refractivity contribution in [3.05, 3.63) is 71.8 Å². The number of aromatic nitrogens is 1. The number of fused-ring (bicyclic) bond motifs is 3. The van der Waals surface area contributed by atoms with E-state index >= 15 is 0 Å². The summed E-state index contributed by atoms with van der Waals surface area (Å²) >= 11 is 0. The van der Waals surface area contributed by atoms with Gasteiger partial charge in [-0.2, -0.15) is 0 Å². The highest BCUT2D eigenvalue weighted by Crippen LogP contribution is 2.40. The molecule has 0 aliphatic carbocycles. The van der Waals surface area contributed by atoms with Gasteiger partial charge in [-0.25, -0.2) is 0 Å². The van der Waals surface area contributed by atoms with Crippen molar-refractivity contribution in [1.29, 1.82) is 0 Å². The molecular formula is C24H26N2. The molecule has 132 valence electrons. The molecular weight excluding hydrogens is 316 g/mol. The molecule has 1 aromatic heterocycles. The quantitative estimate of drug-likeness (QED) is 0.427. The Bertz CT molecular complexity index is 1090. The highest BCUT2D eigenvalue weighted by atomic mass is 15.0. The molecule has 0 saturated carbocycles. The van der Waals surface area contributed by atoms with Gasteiger partial charge in [-0.05, 0) is 48.6 Å². The largest absolute Gasteiger partial charge is 0.355 e. The van der Waals surface area contributed by atoms with Gasteiger partial charge in [0.25, 0.3) is 0 Å². The molecule has 0 amide bonds. The molecule has 3 aromatic carbocycles. The van der Waals surface area contributed by atoms with E-state index in [1.54, 1.807) is 0 Å². The predicted molar refractivity (Wildman–Crippen MR) is 114 cm³/mol. The molecule has 0 bridgehead atoms. The van der Waals surface area contributed by atoms with Gasteiger partial charge in [0.05, 0.1) is 11.2 Å². The van der Waals surface area contributed by atoms with Gasteiger partial charge in [-0.3, -0.25) is 0 Å². The summed E-state index contributed by atoms with van der Waals surface area (Å²) in [5, 5.41) is 6.43. The van der Waals surface area contributed by atoms with Crippen LogP contribution in [0.2, 0.25) is 0 Å². The summed E-state index contributed by atoms with van der Waals surface area (Å²) in [6, 6.07) is 21.8. The molecule has 0 radical (unpaired) electrons. The summed E-state index contributed by atoms with van der Waals surface area (Å²) < 4.78 is 2.30. The molecule has 4 aromatic rings. The molecule has 4 rings (SSSR count). The maximum absolute atomic E-state index is 3.79. The van der Waals surface area contributed by atoms with E-state index in [2.05, 4.69) is 98.4 Å². The van der Waals surface area contributed by atoms with Crippen LogP contribution in [0.5, 0.6) is 0 Å². The number of para-hydroxylation sites is 2. The molecule has 1 heterocycles. The number of nitrogens with one attached hydrogen (secondary N) is 1. The van der Waals surface area contributed by atoms with Crippen molar-refractivity contribution < 1.29 is 0 Å². The van der Waals surface area contributed by atoms with Crippen LogP contribution in [0, 0.1) is 6.92 Å². The molecule has 0 aliphatic rings. The number of nitrogens with zero attached hydrogens (tertiary/aromatic N) is 1. The van der Waals surface area contributed by atoms with Crippen molar-refractivity contribution in [2.45, 2.75) is 33.1 Å². The first kappa shape index (κ1) is 16.7. The lowest BCUT2D eigenvalue weighted by Gasteiger charge is -2.19. The van der Waals surface area contributed by atoms with Gasteiger partial charge < -0.3 is 9.88 Å². The Hall–Kier alpha value is -2.74. The number of hydrogen-bond donors (Lipinski definition) is 1. The average molecular weight is 342 g/mol. The fourth-order valence-electron chi connectivity index (χ4n) is 3.88. The van der Waals surface area contributed by atoms with E-state index in [1.807, 2.05) is 0 Å². The van der Waals surface area contributed by atoms with Crippen LogP contribution < -0.4 is 5.32 Å². The van der Waals surface area contributed by atoms with Crippen molar-refractivity contribution in [1.82, 2.24) is 4.57 Å². The molecule has 1 atom stereocenters. The highest BCUT2D eigenvalue weighted by Gasteiger charge is 2.18. The van der Waals surface area contributed by atoms with Gasteiger partial charge in [0.2, 0.25) is 0 Å². The molecule has 0 aliphatic heterocycles. The first-order valence-corrected chi connectivity index (χ1v) is 9.44. The van der Waals surface area contributed by atoms with Gasteiger partial charge in [0.1, 0.15) is 0 Å². The van der Waals surface area contributed by atoms with Crippen LogP contribution in [0.3, 0.4) is 0 Å². The topological polar surface area (TPSA) is 17.0 Å². The zero-order valence-corrected chi connectivity index (χ0v) is 16.0. The number of rotatable bonds is 4. The van der Waals surface area contributed by atoms with Crippen LogP contribution in [0.25, 0.3) is 21.8 Å². The van der Waals surface area contributed by atoms with Crippen molar-refractivity contribution in [3.8, 4) is 0 Å². The van der Waals surface area contributed by atoms with E-state index in [-0.39, 0.29) is 0 Å². The molecule has 2 heteroatoms. The Labute approximate surface area is 155 Å². The van der Waals surface area contributed by atoms with Gasteiger partial charge >= 0.3 is 0 Å². The maximum Gasteiger partial charge on any atom is 0.0521 e. The molecule has 1 unspecified atom stereocenters. The SMILES string of the molecule is CCC(C)c1ccc2c(c1Nc1ccccc1C)c1ccccc1n2C. The Balaban J connectivity index is 2.06. The lowest BCUT2D eigenvalue weighted by molar-refractivity contribution is 0.736. The minimum Gasteiger partial charge on any atom is -0.355 e. The van der Waals surface area contributed by atoms with E-state index in [4.69, 9.17) is 0 Å². The second-order valence-corrected chi connectivity index (χ2v) is 7.25. The zero-order valence-electron chi connectivity index (χ0n) is 16.0. The number of hydrogen-bond acceptors (Lipinski definition) is 1. The van der Waals surface area contributed by atoms with Crippen molar-refractivity contribution in [2.75, 3.05) is 5.32 Å². The molecule has 2 nitrogen and oxygen atoms in total. The molecule has 1 N–H and O–H groups in total. The number of anilines is 2. The average Bonchev–Trinajstić information content (AvgIpc) is 2.96. The van der Waals surface area contributed by atoms with Gasteiger partial charge in [0, 0.05) is 29.0 Å². The third kappa shape index (κ3) is 2.57. The van der Waals surface area contributed by atoms with Crippen LogP contribution in [0.4, 0.5) is 11.4 Å². The molecule has 26 heavy (non-hydrogen) atoms. The van der Waals surface area contributed by atoms with Crippen LogP contribution >= 0.6 is 0 Å². The summed E-state index contributed by atoms with van der Waals surface area (Å²) in [6.45, 7) is 6.74. The van der Waals surface area contributed by atoms with Gasteiger partial charge in [-0.1, -0.05) is 56.3 Å². The van der Waals surface area contributed by atoms with E-state index in [0.717, 1.165) is 6.42 Å². The van der Waals surface area contributed by atoms with Crippen LogP contribution in [-0.4, -0.2) is 4.57 Å². The van der Waals surface area contributed by atoms with Gasteiger partial charge in [-0.15, -0.1) is 0 Å². The lowest BCUT2D eigenvalue weighted by atomic mass is 9.94. The third-order valence-electron chi connectivity index (χ3n) is 5.66. The second-order valence-electron chi connectivity index (χ2n) is 7.25. The zero-order chi connectivity index (χ0) is 18.3. The maximum atomic E-state index is 3.79. The monoisotopic (exact) mass is 342 g/mol. The first-order valence-electron chi connectivity index (χ1n) is 9.44. The summed E-state index contributed by atoms with van der Waals surface area (Å²) in [5.74, 6) is 0.505. The summed E-state index contributed by atoms with van der Waals surface area (Å²) in [4.78, 5) is 0. The minimum atomic E-state index is 0.505. The smallest absolute Gasteiger partial charge is 0.0521 e. The first-order chi connectivity index (χ1) is 12.6. The Kier molecular flexibility index (Phi) is 4.20. The second kappa shape index (κ2) is 6.53. The summed E-state index contributed by atoms with van der Waals surface area (Å²) in [5.41, 5.74) is 7.63. The van der Waals surface area contributed by atoms with Gasteiger partial charge in [0.15, 0.2) is 0 Å². The van der Waals surface area contributed by atoms with Crippen molar-refractivity contribution in [3.63, 3.8) is 0 Å². The fourth-order valence-corrected chi connectivity index (χ4v) is 3.88. The normalized spacial score (nSPS) is 12.6. The van der Waals surface area contributed by atoms with E-state index in [9.17, 15) is 0 Å². The molecule has 0 spiro atoms. The van der Waals surface area contributed by atoms with E-state index in [0.29, 0.717) is 5.92 Å². The Morgan fingerprint density at radius 2 is 1.65 bits per heavy atom. The Morgan fingerprint density at radius 1 is 0.923 bits per heavy atom. The van der Waals surface area contributed by atoms with E-state index < -0.39 is 0 Å². The van der Waals surface area contributed by atoms with Crippen LogP contribution in [0.1, 0.15) is 37.3 Å². The Morgan fingerprint density at radius 3 is 2.42 bits per heavy atom. The number of aryl methyl sites for hydroxylation is 2. The van der Waals surface area contributed by atoms with Crippen LogP contribution in [-0.2, 0) is 7.05 Å². The fraction of sp³-hybridized carbons (Fsp3) is 0.250. The van der Waals surface area contributed by atoms with Crippen molar-refractivity contribution >= 4 is 33.2 Å². The third-order valence-corrected chi connectivity index (χ3v) is 5.66. The van der Waals surface area contributed by atoms with Crippen molar-refractivity contribution in [2.24, 2.45) is 7.05 Å². The summed E-state index contributed by atoms with van der Waals surface area (Å²) in [6.07, 6.45) is 1.12. The molecule has 0 saturated heterocycles. The number of benzene rings is 3. The lowest BCUT2D eigenvalue weighted by Crippen LogP contribution is -2.02. The summed E-state index contributed by atoms with van der Waals surface area (Å²) in [7, 11) is 2.16. The standard InChI is InChI=1S/C24H26N2/c1-5-16(2)18-14-15-22-23(19-11-7-9-13-21(19)26(22)4)24(18)25-20-12-8-6-10-17(20)3/h6-16,25H,5H2,1-4H3. The van der Waals surface area contributed by atoms with Crippen LogP contribution in [0.15, 0.2) is 60.7 Å². The van der Waals surface area contributed by atoms with E-state index in [1.165, 1.54) is 44.3 Å². The predicted octanol–water partition coefficient (Wildman–Crippen LogP) is 6.90.